The van der Waals surface area contributed by atoms with Crippen LogP contribution in [0.3, 0.4) is 0 Å². The first-order valence-electron chi connectivity index (χ1n) is 3.56. The second-order valence-corrected chi connectivity index (χ2v) is 4.10. The van der Waals surface area contributed by atoms with E-state index < -0.39 is 0 Å². The molecule has 0 aliphatic rings. The van der Waals surface area contributed by atoms with E-state index in [0.29, 0.717) is 5.02 Å². The number of hydrogen-bond acceptors (Lipinski definition) is 2. The molecule has 4 heteroatoms. The molecule has 1 atom stereocenters. The fourth-order valence-corrected chi connectivity index (χ4v) is 1.50. The van der Waals surface area contributed by atoms with Gasteiger partial charge in [0.15, 0.2) is 0 Å². The summed E-state index contributed by atoms with van der Waals surface area (Å²) in [4.78, 5) is 13.8. The maximum atomic E-state index is 11.2. The van der Waals surface area contributed by atoms with Gasteiger partial charge in [-0.15, -0.1) is 0 Å². The van der Waals surface area contributed by atoms with E-state index in [2.05, 4.69) is 4.98 Å². The van der Waals surface area contributed by atoms with Crippen molar-refractivity contribution in [3.8, 4) is 0 Å². The molecule has 0 saturated heterocycles. The molecule has 1 heterocycles. The normalized spacial score (nSPS) is 12.9. The van der Waals surface area contributed by atoms with Crippen LogP contribution in [0.5, 0.6) is 0 Å². The number of halogens is 1. The van der Waals surface area contributed by atoms with Crippen LogP contribution in [-0.2, 0) is 0 Å². The number of aromatic nitrogens is 1. The van der Waals surface area contributed by atoms with Crippen LogP contribution in [0.25, 0.3) is 0 Å². The van der Waals surface area contributed by atoms with Crippen LogP contribution in [0.1, 0.15) is 17.7 Å². The summed E-state index contributed by atoms with van der Waals surface area (Å²) in [7, 11) is 0. The van der Waals surface area contributed by atoms with Crippen LogP contribution in [-0.4, -0.2) is 11.2 Å². The van der Waals surface area contributed by atoms with Gasteiger partial charge in [0.1, 0.15) is 0 Å². The van der Waals surface area contributed by atoms with E-state index in [-0.39, 0.29) is 10.8 Å². The summed E-state index contributed by atoms with van der Waals surface area (Å²) < 4.78 is 0. The Morgan fingerprint density at radius 2 is 2.33 bits per heavy atom. The van der Waals surface area contributed by atoms with Gasteiger partial charge in [-0.1, -0.05) is 11.6 Å². The Hall–Kier alpha value is -0.410. The maximum Gasteiger partial charge on any atom is 0.252 e. The highest BCUT2D eigenvalue weighted by Crippen LogP contribution is 2.23. The Labute approximate surface area is 80.3 Å². The zero-order valence-electron chi connectivity index (χ0n) is 6.93. The third kappa shape index (κ3) is 2.05. The van der Waals surface area contributed by atoms with Crippen molar-refractivity contribution in [2.75, 3.05) is 6.26 Å². The molecule has 0 aromatic carbocycles. The van der Waals surface area contributed by atoms with Crippen molar-refractivity contribution in [3.05, 3.63) is 33.2 Å². The van der Waals surface area contributed by atoms with Gasteiger partial charge in [0.2, 0.25) is 0 Å². The topological polar surface area (TPSA) is 32.9 Å². The number of H-pyrrole nitrogens is 1. The van der Waals surface area contributed by atoms with Crippen LogP contribution in [0.15, 0.2) is 17.1 Å². The first kappa shape index (κ1) is 9.68. The molecule has 0 aliphatic heterocycles. The fourth-order valence-electron chi connectivity index (χ4n) is 0.903. The summed E-state index contributed by atoms with van der Waals surface area (Å²) >= 11 is 7.36. The summed E-state index contributed by atoms with van der Waals surface area (Å²) in [5.74, 6) is 0. The van der Waals surface area contributed by atoms with Crippen LogP contribution >= 0.6 is 23.4 Å². The molecule has 0 amide bonds. The minimum absolute atomic E-state index is 0.0544. The quantitative estimate of drug-likeness (QED) is 0.801. The van der Waals surface area contributed by atoms with E-state index in [1.807, 2.05) is 13.2 Å². The van der Waals surface area contributed by atoms with E-state index in [1.165, 1.54) is 6.20 Å². The number of nitrogens with one attached hydrogen (secondary N) is 1. The van der Waals surface area contributed by atoms with Gasteiger partial charge in [0.25, 0.3) is 5.56 Å². The Bertz CT molecular complexity index is 323. The van der Waals surface area contributed by atoms with Gasteiger partial charge in [-0.25, -0.2) is 0 Å². The summed E-state index contributed by atoms with van der Waals surface area (Å²) in [6.45, 7) is 1.98. The molecule has 0 spiro atoms. The van der Waals surface area contributed by atoms with E-state index >= 15 is 0 Å². The van der Waals surface area contributed by atoms with Crippen molar-refractivity contribution >= 4 is 23.4 Å². The molecule has 1 aromatic heterocycles. The summed E-state index contributed by atoms with van der Waals surface area (Å²) in [6, 6.07) is 1.71. The van der Waals surface area contributed by atoms with E-state index in [9.17, 15) is 4.79 Å². The Morgan fingerprint density at radius 1 is 1.67 bits per heavy atom. The maximum absolute atomic E-state index is 11.2. The third-order valence-corrected chi connectivity index (χ3v) is 2.87. The number of hydrogen-bond donors (Lipinski definition) is 1. The number of aromatic amines is 1. The summed E-state index contributed by atoms with van der Waals surface area (Å²) in [5, 5.41) is 0.762. The predicted molar refractivity (Wildman–Crippen MR) is 54.0 cm³/mol. The van der Waals surface area contributed by atoms with E-state index in [4.69, 9.17) is 11.6 Å². The van der Waals surface area contributed by atoms with Crippen molar-refractivity contribution in [2.45, 2.75) is 12.2 Å². The number of rotatable bonds is 2. The first-order valence-corrected chi connectivity index (χ1v) is 5.22. The molecule has 0 saturated carbocycles. The molecule has 1 unspecified atom stereocenters. The zero-order chi connectivity index (χ0) is 9.14. The molecular weight excluding hydrogens is 194 g/mol. The first-order chi connectivity index (χ1) is 5.65. The predicted octanol–water partition coefficient (Wildman–Crippen LogP) is 2.45. The SMILES string of the molecule is CSC(C)c1cc(Cl)c[nH]c1=O. The monoisotopic (exact) mass is 203 g/mol. The lowest BCUT2D eigenvalue weighted by Gasteiger charge is -2.06. The van der Waals surface area contributed by atoms with Crippen molar-refractivity contribution in [2.24, 2.45) is 0 Å². The molecule has 0 bridgehead atoms. The molecule has 0 radical (unpaired) electrons. The zero-order valence-corrected chi connectivity index (χ0v) is 8.50. The third-order valence-electron chi connectivity index (χ3n) is 1.69. The Balaban J connectivity index is 3.13. The molecule has 0 fully saturated rings. The minimum atomic E-state index is -0.0544. The van der Waals surface area contributed by atoms with Gasteiger partial charge >= 0.3 is 0 Å². The van der Waals surface area contributed by atoms with Gasteiger partial charge < -0.3 is 4.98 Å². The molecule has 12 heavy (non-hydrogen) atoms. The molecule has 1 rings (SSSR count). The van der Waals surface area contributed by atoms with Crippen molar-refractivity contribution < 1.29 is 0 Å². The van der Waals surface area contributed by atoms with Crippen LogP contribution in [0, 0.1) is 0 Å². The van der Waals surface area contributed by atoms with Gasteiger partial charge in [-0.3, -0.25) is 4.79 Å². The molecule has 1 aromatic rings. The Morgan fingerprint density at radius 3 is 2.92 bits per heavy atom. The van der Waals surface area contributed by atoms with E-state index in [0.717, 1.165) is 5.56 Å². The Kier molecular flexibility index (Phi) is 3.23. The van der Waals surface area contributed by atoms with Crippen LogP contribution < -0.4 is 5.56 Å². The molecule has 1 N–H and O–H groups in total. The lowest BCUT2D eigenvalue weighted by atomic mass is 10.2. The molecule has 66 valence electrons. The smallest absolute Gasteiger partial charge is 0.252 e. The lowest BCUT2D eigenvalue weighted by Crippen LogP contribution is -2.12. The highest BCUT2D eigenvalue weighted by molar-refractivity contribution is 7.98. The highest BCUT2D eigenvalue weighted by Gasteiger charge is 2.07. The van der Waals surface area contributed by atoms with Crippen molar-refractivity contribution in [3.63, 3.8) is 0 Å². The fraction of sp³-hybridized carbons (Fsp3) is 0.375. The second kappa shape index (κ2) is 4.01. The average molecular weight is 204 g/mol. The van der Waals surface area contributed by atoms with Crippen molar-refractivity contribution in [1.82, 2.24) is 4.98 Å². The highest BCUT2D eigenvalue weighted by atomic mass is 35.5. The summed E-state index contributed by atoms with van der Waals surface area (Å²) in [5.41, 5.74) is 0.677. The lowest BCUT2D eigenvalue weighted by molar-refractivity contribution is 1.04. The van der Waals surface area contributed by atoms with Gasteiger partial charge in [-0.05, 0) is 19.2 Å². The largest absolute Gasteiger partial charge is 0.327 e. The van der Waals surface area contributed by atoms with Crippen molar-refractivity contribution in [1.29, 1.82) is 0 Å². The van der Waals surface area contributed by atoms with Gasteiger partial charge in [0.05, 0.1) is 5.02 Å². The molecule has 0 aliphatic carbocycles. The van der Waals surface area contributed by atoms with E-state index in [1.54, 1.807) is 17.8 Å². The minimum Gasteiger partial charge on any atom is -0.327 e. The number of pyridine rings is 1. The standard InChI is InChI=1S/C8H10ClNOS/c1-5(12-2)7-3-6(9)4-10-8(7)11/h3-5H,1-2H3,(H,10,11). The number of thioether (sulfide) groups is 1. The molecular formula is C8H10ClNOS. The van der Waals surface area contributed by atoms with Crippen LogP contribution in [0.4, 0.5) is 0 Å². The average Bonchev–Trinajstić information content (AvgIpc) is 2.08. The summed E-state index contributed by atoms with van der Waals surface area (Å²) in [6.07, 6.45) is 3.46. The van der Waals surface area contributed by atoms with Crippen LogP contribution in [0.2, 0.25) is 5.02 Å². The second-order valence-electron chi connectivity index (χ2n) is 2.48. The van der Waals surface area contributed by atoms with Gasteiger partial charge in [-0.2, -0.15) is 11.8 Å². The molecule has 2 nitrogen and oxygen atoms in total. The van der Waals surface area contributed by atoms with Gasteiger partial charge in [0, 0.05) is 17.0 Å².